The fraction of sp³-hybridized carbons (Fsp3) is 0.524. The number of aryl methyl sites for hydroxylation is 2. The summed E-state index contributed by atoms with van der Waals surface area (Å²) in [7, 11) is 0. The van der Waals surface area contributed by atoms with Crippen LogP contribution in [0.25, 0.3) is 0 Å². The fourth-order valence-corrected chi connectivity index (χ4v) is 3.59. The van der Waals surface area contributed by atoms with Crippen molar-refractivity contribution >= 4 is 11.6 Å². The summed E-state index contributed by atoms with van der Waals surface area (Å²) in [5.74, 6) is -0.105. The lowest BCUT2D eigenvalue weighted by molar-refractivity contribution is -0.119. The molecule has 26 heavy (non-hydrogen) atoms. The van der Waals surface area contributed by atoms with E-state index >= 15 is 0 Å². The minimum atomic E-state index is -0.140. The smallest absolute Gasteiger partial charge is 0.229 e. The Balaban J connectivity index is 1.58. The molecule has 1 N–H and O–H groups in total. The van der Waals surface area contributed by atoms with Crippen LogP contribution in [-0.4, -0.2) is 33.7 Å². The third kappa shape index (κ3) is 4.94. The van der Waals surface area contributed by atoms with Crippen molar-refractivity contribution in [3.05, 3.63) is 47.3 Å². The number of nitrogens with one attached hydrogen (secondary N) is 1. The molecule has 5 heteroatoms. The number of amides is 1. The standard InChI is InChI=1S/C21H30N4O/c1-16(14-25-18(3)12-17(2)23-25)21(26)22-20-9-7-8-19(13-20)15-24-10-5-4-6-11-24/h7-9,12-13,16H,4-6,10-11,14-15H2,1-3H3,(H,22,26). The van der Waals surface area contributed by atoms with E-state index in [0.29, 0.717) is 6.54 Å². The zero-order chi connectivity index (χ0) is 18.5. The number of carbonyl (C=O) groups is 1. The van der Waals surface area contributed by atoms with E-state index in [1.54, 1.807) is 0 Å². The maximum atomic E-state index is 12.6. The average Bonchev–Trinajstić information content (AvgIpc) is 2.93. The van der Waals surface area contributed by atoms with Gasteiger partial charge in [0, 0.05) is 17.9 Å². The highest BCUT2D eigenvalue weighted by Gasteiger charge is 2.16. The van der Waals surface area contributed by atoms with Crippen LogP contribution in [0.3, 0.4) is 0 Å². The molecule has 1 saturated heterocycles. The van der Waals surface area contributed by atoms with Crippen LogP contribution in [0.2, 0.25) is 0 Å². The Hall–Kier alpha value is -2.14. The van der Waals surface area contributed by atoms with Gasteiger partial charge in [0.15, 0.2) is 0 Å². The molecule has 1 aromatic heterocycles. The van der Waals surface area contributed by atoms with Crippen LogP contribution in [-0.2, 0) is 17.9 Å². The Morgan fingerprint density at radius 2 is 1.96 bits per heavy atom. The average molecular weight is 354 g/mol. The van der Waals surface area contributed by atoms with Gasteiger partial charge in [0.2, 0.25) is 5.91 Å². The van der Waals surface area contributed by atoms with Gasteiger partial charge in [0.1, 0.15) is 0 Å². The third-order valence-electron chi connectivity index (χ3n) is 5.05. The second-order valence-corrected chi connectivity index (χ2v) is 7.54. The summed E-state index contributed by atoms with van der Waals surface area (Å²) >= 11 is 0. The van der Waals surface area contributed by atoms with Crippen LogP contribution in [0.4, 0.5) is 5.69 Å². The normalized spacial score (nSPS) is 16.4. The number of nitrogens with zero attached hydrogens (tertiary/aromatic N) is 3. The molecular formula is C21H30N4O. The summed E-state index contributed by atoms with van der Waals surface area (Å²) in [4.78, 5) is 15.1. The first kappa shape index (κ1) is 18.6. The van der Waals surface area contributed by atoms with E-state index in [-0.39, 0.29) is 11.8 Å². The van der Waals surface area contributed by atoms with Crippen LogP contribution in [0.1, 0.15) is 43.1 Å². The number of hydrogen-bond donors (Lipinski definition) is 1. The molecule has 1 atom stereocenters. The molecular weight excluding hydrogens is 324 g/mol. The quantitative estimate of drug-likeness (QED) is 0.859. The second-order valence-electron chi connectivity index (χ2n) is 7.54. The van der Waals surface area contributed by atoms with Crippen molar-refractivity contribution < 1.29 is 4.79 Å². The van der Waals surface area contributed by atoms with Crippen molar-refractivity contribution in [2.45, 2.75) is 53.1 Å². The highest BCUT2D eigenvalue weighted by atomic mass is 16.1. The van der Waals surface area contributed by atoms with Crippen LogP contribution < -0.4 is 5.32 Å². The Kier molecular flexibility index (Phi) is 6.09. The van der Waals surface area contributed by atoms with Crippen molar-refractivity contribution in [3.63, 3.8) is 0 Å². The molecule has 5 nitrogen and oxygen atoms in total. The van der Waals surface area contributed by atoms with E-state index in [0.717, 1.165) is 23.6 Å². The van der Waals surface area contributed by atoms with Crippen molar-refractivity contribution in [1.29, 1.82) is 0 Å². The molecule has 0 radical (unpaired) electrons. The van der Waals surface area contributed by atoms with Gasteiger partial charge in [-0.05, 0) is 63.5 Å². The number of rotatable bonds is 6. The van der Waals surface area contributed by atoms with Gasteiger partial charge < -0.3 is 5.32 Å². The summed E-state index contributed by atoms with van der Waals surface area (Å²) in [6, 6.07) is 10.3. The molecule has 0 saturated carbocycles. The lowest BCUT2D eigenvalue weighted by Crippen LogP contribution is -2.29. The summed E-state index contributed by atoms with van der Waals surface area (Å²) < 4.78 is 1.91. The summed E-state index contributed by atoms with van der Waals surface area (Å²) in [5, 5.41) is 7.52. The van der Waals surface area contributed by atoms with Gasteiger partial charge in [-0.25, -0.2) is 0 Å². The topological polar surface area (TPSA) is 50.2 Å². The van der Waals surface area contributed by atoms with Gasteiger partial charge in [-0.3, -0.25) is 14.4 Å². The SMILES string of the molecule is Cc1cc(C)n(CC(C)C(=O)Nc2cccc(CN3CCCCC3)c2)n1. The van der Waals surface area contributed by atoms with Gasteiger partial charge >= 0.3 is 0 Å². The maximum Gasteiger partial charge on any atom is 0.229 e. The molecule has 140 valence electrons. The van der Waals surface area contributed by atoms with E-state index < -0.39 is 0 Å². The van der Waals surface area contributed by atoms with E-state index in [9.17, 15) is 4.79 Å². The van der Waals surface area contributed by atoms with Crippen molar-refractivity contribution in [1.82, 2.24) is 14.7 Å². The number of carbonyl (C=O) groups excluding carboxylic acids is 1. The number of benzene rings is 1. The van der Waals surface area contributed by atoms with Gasteiger partial charge in [0.25, 0.3) is 0 Å². The number of hydrogen-bond acceptors (Lipinski definition) is 3. The van der Waals surface area contributed by atoms with E-state index in [2.05, 4.69) is 27.4 Å². The van der Waals surface area contributed by atoms with E-state index in [1.807, 2.05) is 43.7 Å². The fourth-order valence-electron chi connectivity index (χ4n) is 3.59. The monoisotopic (exact) mass is 354 g/mol. The summed E-state index contributed by atoms with van der Waals surface area (Å²) in [6.45, 7) is 9.86. The Morgan fingerprint density at radius 3 is 2.65 bits per heavy atom. The second kappa shape index (κ2) is 8.49. The first-order chi connectivity index (χ1) is 12.5. The third-order valence-corrected chi connectivity index (χ3v) is 5.05. The van der Waals surface area contributed by atoms with Gasteiger partial charge in [-0.15, -0.1) is 0 Å². The highest BCUT2D eigenvalue weighted by Crippen LogP contribution is 2.17. The molecule has 2 aromatic rings. The molecule has 1 aliphatic heterocycles. The Morgan fingerprint density at radius 1 is 1.19 bits per heavy atom. The Labute approximate surface area is 156 Å². The Bertz CT molecular complexity index is 746. The summed E-state index contributed by atoms with van der Waals surface area (Å²) in [6.07, 6.45) is 3.93. The zero-order valence-corrected chi connectivity index (χ0v) is 16.2. The van der Waals surface area contributed by atoms with Crippen molar-refractivity contribution in [3.8, 4) is 0 Å². The van der Waals surface area contributed by atoms with Crippen LogP contribution in [0, 0.1) is 19.8 Å². The van der Waals surface area contributed by atoms with Gasteiger partial charge in [-0.2, -0.15) is 5.10 Å². The van der Waals surface area contributed by atoms with Crippen LogP contribution >= 0.6 is 0 Å². The van der Waals surface area contributed by atoms with Crippen molar-refractivity contribution in [2.75, 3.05) is 18.4 Å². The minimum absolute atomic E-state index is 0.0349. The zero-order valence-electron chi connectivity index (χ0n) is 16.2. The molecule has 0 bridgehead atoms. The molecule has 1 aliphatic rings. The molecule has 1 fully saturated rings. The van der Waals surface area contributed by atoms with E-state index in [1.165, 1.54) is 37.9 Å². The highest BCUT2D eigenvalue weighted by molar-refractivity contribution is 5.92. The molecule has 1 amide bonds. The van der Waals surface area contributed by atoms with Gasteiger partial charge in [0.05, 0.1) is 18.2 Å². The summed E-state index contributed by atoms with van der Waals surface area (Å²) in [5.41, 5.74) is 4.21. The van der Waals surface area contributed by atoms with Crippen LogP contribution in [0.15, 0.2) is 30.3 Å². The van der Waals surface area contributed by atoms with Crippen molar-refractivity contribution in [2.24, 2.45) is 5.92 Å². The first-order valence-corrected chi connectivity index (χ1v) is 9.64. The largest absolute Gasteiger partial charge is 0.326 e. The molecule has 0 spiro atoms. The number of piperidine rings is 1. The van der Waals surface area contributed by atoms with E-state index in [4.69, 9.17) is 0 Å². The predicted octanol–water partition coefficient (Wildman–Crippen LogP) is 3.76. The maximum absolute atomic E-state index is 12.6. The lowest BCUT2D eigenvalue weighted by atomic mass is 10.1. The minimum Gasteiger partial charge on any atom is -0.326 e. The number of aromatic nitrogens is 2. The first-order valence-electron chi connectivity index (χ1n) is 9.64. The number of likely N-dealkylation sites (tertiary alicyclic amines) is 1. The van der Waals surface area contributed by atoms with Gasteiger partial charge in [-0.1, -0.05) is 25.5 Å². The molecule has 2 heterocycles. The molecule has 1 unspecified atom stereocenters. The molecule has 1 aromatic carbocycles. The molecule has 3 rings (SSSR count). The predicted molar refractivity (Wildman–Crippen MR) is 105 cm³/mol. The molecule has 0 aliphatic carbocycles. The lowest BCUT2D eigenvalue weighted by Gasteiger charge is -2.26. The van der Waals surface area contributed by atoms with Crippen LogP contribution in [0.5, 0.6) is 0 Å². The number of anilines is 1.